The van der Waals surface area contributed by atoms with Gasteiger partial charge in [0.2, 0.25) is 0 Å². The minimum Gasteiger partial charge on any atom is -0.508 e. The molecule has 1 saturated carbocycles. The van der Waals surface area contributed by atoms with Crippen LogP contribution < -0.4 is 5.32 Å². The van der Waals surface area contributed by atoms with Gasteiger partial charge >= 0.3 is 0 Å². The zero-order chi connectivity index (χ0) is 24.9. The number of phenolic OH excluding ortho intramolecular Hbond substituents is 1. The Morgan fingerprint density at radius 1 is 1.00 bits per heavy atom. The van der Waals surface area contributed by atoms with Crippen LogP contribution in [0.5, 0.6) is 5.75 Å². The maximum Gasteiger partial charge on any atom is 0.251 e. The minimum atomic E-state index is 0.0183. The van der Waals surface area contributed by atoms with Crippen LogP contribution in [-0.4, -0.2) is 58.6 Å². The molecule has 2 saturated heterocycles. The van der Waals surface area contributed by atoms with E-state index in [2.05, 4.69) is 27.8 Å². The summed E-state index contributed by atoms with van der Waals surface area (Å²) in [4.78, 5) is 18.5. The average Bonchev–Trinajstić information content (AvgIpc) is 3.01. The van der Waals surface area contributed by atoms with Gasteiger partial charge < -0.3 is 10.4 Å². The number of aromatic hydroxyl groups is 1. The van der Waals surface area contributed by atoms with Gasteiger partial charge in [-0.2, -0.15) is 0 Å². The summed E-state index contributed by atoms with van der Waals surface area (Å²) in [6.45, 7) is 7.98. The van der Waals surface area contributed by atoms with Crippen molar-refractivity contribution in [3.63, 3.8) is 0 Å². The van der Waals surface area contributed by atoms with Crippen molar-refractivity contribution in [2.75, 3.05) is 19.6 Å². The fourth-order valence-electron chi connectivity index (χ4n) is 6.54. The monoisotopic (exact) mass is 487 g/mol. The van der Waals surface area contributed by atoms with Gasteiger partial charge in [-0.3, -0.25) is 14.6 Å². The van der Waals surface area contributed by atoms with Gasteiger partial charge in [0, 0.05) is 49.9 Å². The van der Waals surface area contributed by atoms with Crippen LogP contribution in [0, 0.1) is 0 Å². The molecule has 2 aromatic rings. The van der Waals surface area contributed by atoms with Crippen molar-refractivity contribution in [3.05, 3.63) is 66.2 Å². The molecule has 1 amide bonds. The molecule has 2 unspecified atom stereocenters. The van der Waals surface area contributed by atoms with Gasteiger partial charge in [-0.15, -0.1) is 6.58 Å². The maximum atomic E-state index is 13.2. The molecule has 36 heavy (non-hydrogen) atoms. The van der Waals surface area contributed by atoms with Gasteiger partial charge in [-0.1, -0.05) is 50.0 Å². The molecule has 2 bridgehead atoms. The highest BCUT2D eigenvalue weighted by Gasteiger charge is 2.37. The number of nitrogens with zero attached hydrogens (tertiary/aromatic N) is 2. The number of rotatable bonds is 7. The Morgan fingerprint density at radius 3 is 2.58 bits per heavy atom. The molecule has 1 aliphatic carbocycles. The number of carbonyl (C=O) groups excluding carboxylic acids is 1. The second kappa shape index (κ2) is 11.6. The maximum absolute atomic E-state index is 13.2. The summed E-state index contributed by atoms with van der Waals surface area (Å²) in [5.41, 5.74) is 3.94. The minimum absolute atomic E-state index is 0.0183. The van der Waals surface area contributed by atoms with Crippen molar-refractivity contribution in [1.29, 1.82) is 0 Å². The summed E-state index contributed by atoms with van der Waals surface area (Å²) in [5.74, 6) is 0.270. The van der Waals surface area contributed by atoms with Crippen LogP contribution in [0.4, 0.5) is 0 Å². The largest absolute Gasteiger partial charge is 0.508 e. The number of hydrogen-bond acceptors (Lipinski definition) is 4. The van der Waals surface area contributed by atoms with Crippen LogP contribution in [0.2, 0.25) is 0 Å². The van der Waals surface area contributed by atoms with Crippen LogP contribution in [0.25, 0.3) is 11.1 Å². The molecule has 0 spiro atoms. The van der Waals surface area contributed by atoms with Crippen LogP contribution in [0.3, 0.4) is 0 Å². The Hall–Kier alpha value is -2.63. The molecule has 2 heterocycles. The zero-order valence-electron chi connectivity index (χ0n) is 21.5. The van der Waals surface area contributed by atoms with E-state index in [9.17, 15) is 9.90 Å². The van der Waals surface area contributed by atoms with E-state index in [4.69, 9.17) is 0 Å². The van der Waals surface area contributed by atoms with Gasteiger partial charge in [-0.25, -0.2) is 0 Å². The highest BCUT2D eigenvalue weighted by atomic mass is 16.3. The van der Waals surface area contributed by atoms with E-state index in [1.54, 1.807) is 6.07 Å². The van der Waals surface area contributed by atoms with Gasteiger partial charge in [0.05, 0.1) is 0 Å². The molecular formula is C31H41N3O2. The predicted molar refractivity (Wildman–Crippen MR) is 146 cm³/mol. The smallest absolute Gasteiger partial charge is 0.251 e. The molecule has 2 aromatic carbocycles. The molecule has 3 fully saturated rings. The van der Waals surface area contributed by atoms with Crippen LogP contribution >= 0.6 is 0 Å². The van der Waals surface area contributed by atoms with Crippen LogP contribution in [0.15, 0.2) is 55.1 Å². The Balaban J connectivity index is 1.41. The van der Waals surface area contributed by atoms with E-state index in [1.165, 1.54) is 50.5 Å². The second-order valence-corrected chi connectivity index (χ2v) is 11.0. The summed E-state index contributed by atoms with van der Waals surface area (Å²) >= 11 is 0. The summed E-state index contributed by atoms with van der Waals surface area (Å²) in [6, 6.07) is 15.0. The van der Waals surface area contributed by atoms with Crippen molar-refractivity contribution in [1.82, 2.24) is 15.1 Å². The van der Waals surface area contributed by atoms with Crippen LogP contribution in [-0.2, 0) is 6.54 Å². The lowest BCUT2D eigenvalue weighted by Crippen LogP contribution is -2.39. The summed E-state index contributed by atoms with van der Waals surface area (Å²) in [5, 5.41) is 13.5. The lowest BCUT2D eigenvalue weighted by molar-refractivity contribution is 0.0933. The normalized spacial score (nSPS) is 23.7. The first kappa shape index (κ1) is 25.0. The Bertz CT molecular complexity index is 1060. The number of likely N-dealkylation sites (tertiary alicyclic amines) is 1. The molecule has 2 atom stereocenters. The van der Waals surface area contributed by atoms with E-state index in [1.807, 2.05) is 36.4 Å². The van der Waals surface area contributed by atoms with E-state index in [0.717, 1.165) is 50.1 Å². The predicted octanol–water partition coefficient (Wildman–Crippen LogP) is 5.74. The van der Waals surface area contributed by atoms with E-state index < -0.39 is 0 Å². The topological polar surface area (TPSA) is 55.8 Å². The summed E-state index contributed by atoms with van der Waals surface area (Å²) < 4.78 is 0. The first-order valence-electron chi connectivity index (χ1n) is 13.9. The lowest BCUT2D eigenvalue weighted by atomic mass is 9.95. The molecule has 5 rings (SSSR count). The summed E-state index contributed by atoms with van der Waals surface area (Å²) in [7, 11) is 0. The quantitative estimate of drug-likeness (QED) is 0.386. The first-order valence-corrected chi connectivity index (χ1v) is 13.9. The van der Waals surface area contributed by atoms with E-state index in [0.29, 0.717) is 17.6 Å². The van der Waals surface area contributed by atoms with Gasteiger partial charge in [-0.05, 0) is 73.1 Å². The number of phenols is 1. The zero-order valence-corrected chi connectivity index (χ0v) is 21.5. The molecule has 0 radical (unpaired) electrons. The molecule has 2 aliphatic heterocycles. The Kier molecular flexibility index (Phi) is 8.08. The number of benzene rings is 2. The van der Waals surface area contributed by atoms with E-state index >= 15 is 0 Å². The highest BCUT2D eigenvalue weighted by molar-refractivity contribution is 5.96. The SMILES string of the molecule is C=CCN1CCC2CCC(C1)N2Cc1ccc(C(=O)NC2CCCCCC2)cc1-c1cccc(O)c1. The number of hydrogen-bond donors (Lipinski definition) is 2. The fourth-order valence-corrected chi connectivity index (χ4v) is 6.54. The first-order chi connectivity index (χ1) is 17.6. The van der Waals surface area contributed by atoms with Gasteiger partial charge in [0.25, 0.3) is 5.91 Å². The van der Waals surface area contributed by atoms with Crippen molar-refractivity contribution in [3.8, 4) is 16.9 Å². The second-order valence-electron chi connectivity index (χ2n) is 11.0. The third-order valence-electron chi connectivity index (χ3n) is 8.48. The third-order valence-corrected chi connectivity index (χ3v) is 8.48. The number of fused-ring (bicyclic) bond motifs is 2. The molecule has 5 nitrogen and oxygen atoms in total. The van der Waals surface area contributed by atoms with Gasteiger partial charge in [0.15, 0.2) is 0 Å². The van der Waals surface area contributed by atoms with E-state index in [-0.39, 0.29) is 17.7 Å². The highest BCUT2D eigenvalue weighted by Crippen LogP contribution is 2.35. The van der Waals surface area contributed by atoms with Crippen molar-refractivity contribution < 1.29 is 9.90 Å². The number of amides is 1. The fraction of sp³-hybridized carbons (Fsp3) is 0.516. The Labute approximate surface area is 216 Å². The molecular weight excluding hydrogens is 446 g/mol. The standard InChI is InChI=1S/C31H41N3O2/c1-2-17-33-18-16-27-14-15-28(22-33)34(27)21-25-13-12-24(20-30(25)23-8-7-11-29(35)19-23)31(36)32-26-9-5-3-4-6-10-26/h2,7-8,11-13,19-20,26-28,35H,1,3-6,9-10,14-18,21-22H2,(H,32,36). The lowest BCUT2D eigenvalue weighted by Gasteiger charge is -2.29. The molecule has 0 aromatic heterocycles. The summed E-state index contributed by atoms with van der Waals surface area (Å²) in [6.07, 6.45) is 12.8. The van der Waals surface area contributed by atoms with Crippen molar-refractivity contribution >= 4 is 5.91 Å². The number of nitrogens with one attached hydrogen (secondary N) is 1. The third kappa shape index (κ3) is 5.84. The average molecular weight is 488 g/mol. The number of carbonyl (C=O) groups is 1. The van der Waals surface area contributed by atoms with Gasteiger partial charge in [0.1, 0.15) is 5.75 Å². The molecule has 192 valence electrons. The van der Waals surface area contributed by atoms with Crippen molar-refractivity contribution in [2.45, 2.75) is 82.5 Å². The van der Waals surface area contributed by atoms with Crippen LogP contribution in [0.1, 0.15) is 73.7 Å². The Morgan fingerprint density at radius 2 is 1.81 bits per heavy atom. The molecule has 2 N–H and O–H groups in total. The molecule has 5 heteroatoms. The van der Waals surface area contributed by atoms with Crippen molar-refractivity contribution in [2.24, 2.45) is 0 Å². The molecule has 3 aliphatic rings.